The van der Waals surface area contributed by atoms with Gasteiger partial charge in [0.25, 0.3) is 0 Å². The Bertz CT molecular complexity index is 703. The summed E-state index contributed by atoms with van der Waals surface area (Å²) in [4.78, 5) is 16.7. The molecule has 1 saturated carbocycles. The van der Waals surface area contributed by atoms with Gasteiger partial charge in [0.1, 0.15) is 0 Å². The van der Waals surface area contributed by atoms with Gasteiger partial charge in [-0.25, -0.2) is 0 Å². The molecule has 1 saturated heterocycles. The second-order valence-electron chi connectivity index (χ2n) is 6.20. The number of aromatic nitrogens is 2. The van der Waals surface area contributed by atoms with Crippen molar-refractivity contribution in [2.24, 2.45) is 5.92 Å². The molecule has 1 amide bonds. The molecule has 1 atom stereocenters. The molecule has 0 bridgehead atoms. The molecule has 23 heavy (non-hydrogen) atoms. The monoisotopic (exact) mass is 313 g/mol. The van der Waals surface area contributed by atoms with Crippen LogP contribution in [0.5, 0.6) is 0 Å². The zero-order valence-electron chi connectivity index (χ0n) is 12.8. The largest absolute Gasteiger partial charge is 0.381 e. The highest BCUT2D eigenvalue weighted by Crippen LogP contribution is 2.38. The van der Waals surface area contributed by atoms with E-state index in [1.807, 2.05) is 24.3 Å². The van der Waals surface area contributed by atoms with Crippen molar-refractivity contribution in [3.8, 4) is 0 Å². The van der Waals surface area contributed by atoms with E-state index in [2.05, 4.69) is 15.5 Å². The van der Waals surface area contributed by atoms with E-state index in [9.17, 15) is 4.79 Å². The van der Waals surface area contributed by atoms with Crippen molar-refractivity contribution in [3.63, 3.8) is 0 Å². The van der Waals surface area contributed by atoms with Crippen LogP contribution in [-0.2, 0) is 16.0 Å². The summed E-state index contributed by atoms with van der Waals surface area (Å²) in [5, 5.41) is 7.04. The number of anilines is 1. The highest BCUT2D eigenvalue weighted by atomic mass is 16.5. The normalized spacial score (nSPS) is 20.6. The molecule has 4 rings (SSSR count). The summed E-state index contributed by atoms with van der Waals surface area (Å²) >= 11 is 0. The van der Waals surface area contributed by atoms with Crippen molar-refractivity contribution < 1.29 is 14.1 Å². The van der Waals surface area contributed by atoms with Gasteiger partial charge in [-0.2, -0.15) is 4.98 Å². The van der Waals surface area contributed by atoms with Gasteiger partial charge in [-0.05, 0) is 30.9 Å². The van der Waals surface area contributed by atoms with E-state index in [1.54, 1.807) is 0 Å². The lowest BCUT2D eigenvalue weighted by Gasteiger charge is -2.12. The van der Waals surface area contributed by atoms with E-state index in [4.69, 9.17) is 9.26 Å². The lowest BCUT2D eigenvalue weighted by Crippen LogP contribution is -2.23. The van der Waals surface area contributed by atoms with E-state index in [0.29, 0.717) is 31.4 Å². The fraction of sp³-hybridized carbons (Fsp3) is 0.471. The Balaban J connectivity index is 1.48. The summed E-state index contributed by atoms with van der Waals surface area (Å²) in [5.74, 6) is 1.83. The number of hydrogen-bond donors (Lipinski definition) is 1. The Morgan fingerprint density at radius 2 is 2.13 bits per heavy atom. The van der Waals surface area contributed by atoms with Crippen molar-refractivity contribution in [2.75, 3.05) is 18.5 Å². The average Bonchev–Trinajstić information content (AvgIpc) is 3.08. The quantitative estimate of drug-likeness (QED) is 0.917. The van der Waals surface area contributed by atoms with Gasteiger partial charge in [-0.1, -0.05) is 23.4 Å². The molecule has 120 valence electrons. The molecule has 6 nitrogen and oxygen atoms in total. The SMILES string of the molecule is O=C(Nc1ccccc1Cc1nc(C2CC2)no1)C1CCOC1. The van der Waals surface area contributed by atoms with Crippen molar-refractivity contribution in [3.05, 3.63) is 41.5 Å². The molecule has 2 aliphatic rings. The molecule has 0 radical (unpaired) electrons. The van der Waals surface area contributed by atoms with Crippen molar-refractivity contribution in [1.29, 1.82) is 0 Å². The van der Waals surface area contributed by atoms with E-state index in [0.717, 1.165) is 36.3 Å². The Kier molecular flexibility index (Phi) is 3.83. The van der Waals surface area contributed by atoms with Gasteiger partial charge in [0.2, 0.25) is 11.8 Å². The number of carbonyl (C=O) groups excluding carboxylic acids is 1. The van der Waals surface area contributed by atoms with Crippen LogP contribution in [0.2, 0.25) is 0 Å². The third-order valence-corrected chi connectivity index (χ3v) is 4.34. The molecule has 1 aliphatic carbocycles. The Morgan fingerprint density at radius 1 is 1.26 bits per heavy atom. The predicted molar refractivity (Wildman–Crippen MR) is 83.1 cm³/mol. The van der Waals surface area contributed by atoms with Gasteiger partial charge in [0.05, 0.1) is 18.9 Å². The maximum Gasteiger partial charge on any atom is 0.231 e. The van der Waals surface area contributed by atoms with Gasteiger partial charge < -0.3 is 14.6 Å². The average molecular weight is 313 g/mol. The number of nitrogens with zero attached hydrogens (tertiary/aromatic N) is 2. The van der Waals surface area contributed by atoms with Crippen LogP contribution in [0.15, 0.2) is 28.8 Å². The maximum absolute atomic E-state index is 12.3. The van der Waals surface area contributed by atoms with Crippen LogP contribution in [0.3, 0.4) is 0 Å². The molecule has 1 aromatic heterocycles. The minimum absolute atomic E-state index is 0.0131. The van der Waals surface area contributed by atoms with Gasteiger partial charge in [-0.15, -0.1) is 0 Å². The number of rotatable bonds is 5. The first-order chi connectivity index (χ1) is 11.3. The van der Waals surface area contributed by atoms with Gasteiger partial charge in [-0.3, -0.25) is 4.79 Å². The highest BCUT2D eigenvalue weighted by Gasteiger charge is 2.29. The first kappa shape index (κ1) is 14.4. The fourth-order valence-corrected chi connectivity index (χ4v) is 2.78. The molecule has 1 aromatic carbocycles. The summed E-state index contributed by atoms with van der Waals surface area (Å²) in [6.45, 7) is 1.16. The standard InChI is InChI=1S/C17H19N3O3/c21-17(13-7-8-22-10-13)18-14-4-2-1-3-12(14)9-15-19-16(20-23-15)11-5-6-11/h1-4,11,13H,5-10H2,(H,18,21). The number of benzene rings is 1. The summed E-state index contributed by atoms with van der Waals surface area (Å²) in [5.41, 5.74) is 1.78. The smallest absolute Gasteiger partial charge is 0.231 e. The zero-order valence-corrected chi connectivity index (χ0v) is 12.8. The van der Waals surface area contributed by atoms with Gasteiger partial charge in [0.15, 0.2) is 5.82 Å². The van der Waals surface area contributed by atoms with E-state index in [-0.39, 0.29) is 11.8 Å². The molecule has 2 fully saturated rings. The maximum atomic E-state index is 12.3. The molecule has 2 aromatic rings. The molecule has 0 spiro atoms. The summed E-state index contributed by atoms with van der Waals surface area (Å²) in [7, 11) is 0. The van der Waals surface area contributed by atoms with E-state index in [1.165, 1.54) is 0 Å². The minimum atomic E-state index is -0.0621. The Labute approximate surface area is 134 Å². The van der Waals surface area contributed by atoms with Crippen LogP contribution >= 0.6 is 0 Å². The van der Waals surface area contributed by atoms with Crippen LogP contribution < -0.4 is 5.32 Å². The van der Waals surface area contributed by atoms with Crippen LogP contribution in [0, 0.1) is 5.92 Å². The Hall–Kier alpha value is -2.21. The highest BCUT2D eigenvalue weighted by molar-refractivity contribution is 5.93. The van der Waals surface area contributed by atoms with E-state index < -0.39 is 0 Å². The van der Waals surface area contributed by atoms with Crippen LogP contribution in [0.25, 0.3) is 0 Å². The van der Waals surface area contributed by atoms with Gasteiger partial charge >= 0.3 is 0 Å². The fourth-order valence-electron chi connectivity index (χ4n) is 2.78. The molecule has 1 aliphatic heterocycles. The molecular formula is C17H19N3O3. The molecule has 1 unspecified atom stereocenters. The van der Waals surface area contributed by atoms with Gasteiger partial charge in [0, 0.05) is 18.2 Å². The third-order valence-electron chi connectivity index (χ3n) is 4.34. The van der Waals surface area contributed by atoms with Crippen LogP contribution in [-0.4, -0.2) is 29.3 Å². The molecular weight excluding hydrogens is 294 g/mol. The van der Waals surface area contributed by atoms with Crippen LogP contribution in [0.4, 0.5) is 5.69 Å². The minimum Gasteiger partial charge on any atom is -0.381 e. The lowest BCUT2D eigenvalue weighted by molar-refractivity contribution is -0.119. The summed E-state index contributed by atoms with van der Waals surface area (Å²) in [6.07, 6.45) is 3.60. The number of nitrogens with one attached hydrogen (secondary N) is 1. The zero-order chi connectivity index (χ0) is 15.6. The second kappa shape index (κ2) is 6.12. The Morgan fingerprint density at radius 3 is 2.91 bits per heavy atom. The van der Waals surface area contributed by atoms with Crippen molar-refractivity contribution in [1.82, 2.24) is 10.1 Å². The predicted octanol–water partition coefficient (Wildman–Crippen LogP) is 2.51. The first-order valence-corrected chi connectivity index (χ1v) is 8.08. The molecule has 6 heteroatoms. The number of amides is 1. The van der Waals surface area contributed by atoms with Crippen molar-refractivity contribution >= 4 is 11.6 Å². The number of ether oxygens (including phenoxy) is 1. The number of para-hydroxylation sites is 1. The first-order valence-electron chi connectivity index (χ1n) is 8.08. The second-order valence-corrected chi connectivity index (χ2v) is 6.20. The lowest BCUT2D eigenvalue weighted by atomic mass is 10.1. The van der Waals surface area contributed by atoms with Crippen molar-refractivity contribution in [2.45, 2.75) is 31.6 Å². The summed E-state index contributed by atoms with van der Waals surface area (Å²) < 4.78 is 10.6. The number of carbonyl (C=O) groups is 1. The number of hydrogen-bond acceptors (Lipinski definition) is 5. The summed E-state index contributed by atoms with van der Waals surface area (Å²) in [6, 6.07) is 7.73. The van der Waals surface area contributed by atoms with E-state index >= 15 is 0 Å². The van der Waals surface area contributed by atoms with Crippen LogP contribution in [0.1, 0.15) is 42.5 Å². The molecule has 2 heterocycles. The third kappa shape index (κ3) is 3.27. The topological polar surface area (TPSA) is 77.3 Å². The molecule has 1 N–H and O–H groups in total.